The second kappa shape index (κ2) is 37.3. The minimum Gasteiger partial charge on any atom is -0.394 e. The van der Waals surface area contributed by atoms with E-state index in [4.69, 9.17) is 0 Å². The van der Waals surface area contributed by atoms with Crippen LogP contribution in [0.1, 0.15) is 219 Å². The largest absolute Gasteiger partial charge is 0.394 e. The SMILES string of the molecule is CCCCCCCCC/C=C/CCCCCCCCC[C@@H](O)[C@@H](O)[C@H](CO)NC(=O)[C@@H](O)CCCCCCCCCCCCCCCC. The van der Waals surface area contributed by atoms with Crippen LogP contribution in [0.3, 0.4) is 0 Å². The van der Waals surface area contributed by atoms with Crippen molar-refractivity contribution in [2.45, 2.75) is 244 Å². The van der Waals surface area contributed by atoms with Crippen LogP contribution in [-0.4, -0.2) is 57.3 Å². The van der Waals surface area contributed by atoms with Crippen LogP contribution in [-0.2, 0) is 4.79 Å². The van der Waals surface area contributed by atoms with Gasteiger partial charge in [-0.2, -0.15) is 0 Å². The van der Waals surface area contributed by atoms with Crippen molar-refractivity contribution >= 4 is 5.91 Å². The first-order valence-corrected chi connectivity index (χ1v) is 21.1. The van der Waals surface area contributed by atoms with E-state index in [1.807, 2.05) is 0 Å². The van der Waals surface area contributed by atoms with E-state index in [1.165, 1.54) is 154 Å². The fourth-order valence-electron chi connectivity index (χ4n) is 6.57. The van der Waals surface area contributed by atoms with Gasteiger partial charge < -0.3 is 25.7 Å². The Hall–Kier alpha value is -0.950. The van der Waals surface area contributed by atoms with Crippen LogP contribution in [0.2, 0.25) is 0 Å². The van der Waals surface area contributed by atoms with Crippen LogP contribution in [0.15, 0.2) is 12.2 Å². The number of aliphatic hydroxyl groups is 4. The summed E-state index contributed by atoms with van der Waals surface area (Å²) < 4.78 is 0. The van der Waals surface area contributed by atoms with Crippen molar-refractivity contribution in [3.63, 3.8) is 0 Å². The maximum absolute atomic E-state index is 12.5. The smallest absolute Gasteiger partial charge is 0.249 e. The molecule has 0 saturated heterocycles. The molecule has 0 aliphatic rings. The lowest BCUT2D eigenvalue weighted by Gasteiger charge is -2.27. The predicted octanol–water partition coefficient (Wildman–Crippen LogP) is 10.6. The highest BCUT2D eigenvalue weighted by Gasteiger charge is 2.28. The second-order valence-corrected chi connectivity index (χ2v) is 14.7. The molecule has 6 nitrogen and oxygen atoms in total. The molecule has 0 spiro atoms. The van der Waals surface area contributed by atoms with E-state index in [9.17, 15) is 25.2 Å². The van der Waals surface area contributed by atoms with Crippen molar-refractivity contribution < 1.29 is 25.2 Å². The Bertz CT molecular complexity index is 687. The molecule has 5 N–H and O–H groups in total. The summed E-state index contributed by atoms with van der Waals surface area (Å²) in [5, 5.41) is 43.6. The van der Waals surface area contributed by atoms with E-state index in [2.05, 4.69) is 31.3 Å². The van der Waals surface area contributed by atoms with E-state index >= 15 is 0 Å². The second-order valence-electron chi connectivity index (χ2n) is 14.7. The normalized spacial score (nSPS) is 14.4. The summed E-state index contributed by atoms with van der Waals surface area (Å²) in [5.74, 6) is -0.585. The molecule has 6 heteroatoms. The molecule has 0 aromatic carbocycles. The fraction of sp³-hybridized carbons (Fsp3) is 0.929. The lowest BCUT2D eigenvalue weighted by Crippen LogP contribution is -2.53. The van der Waals surface area contributed by atoms with E-state index in [0.29, 0.717) is 12.8 Å². The number of aliphatic hydroxyl groups excluding tert-OH is 4. The molecule has 0 rings (SSSR count). The number of allylic oxidation sites excluding steroid dienone is 2. The third-order valence-electron chi connectivity index (χ3n) is 9.98. The van der Waals surface area contributed by atoms with Gasteiger partial charge >= 0.3 is 0 Å². The number of hydrogen-bond acceptors (Lipinski definition) is 5. The highest BCUT2D eigenvalue weighted by atomic mass is 16.3. The molecule has 0 aliphatic heterocycles. The molecule has 0 heterocycles. The van der Waals surface area contributed by atoms with Crippen LogP contribution in [0.25, 0.3) is 0 Å². The van der Waals surface area contributed by atoms with Crippen LogP contribution < -0.4 is 5.32 Å². The Kier molecular flexibility index (Phi) is 36.6. The zero-order valence-corrected chi connectivity index (χ0v) is 32.0. The molecule has 4 atom stereocenters. The van der Waals surface area contributed by atoms with Gasteiger partial charge in [0.15, 0.2) is 0 Å². The molecule has 0 aliphatic carbocycles. The molecule has 0 saturated carbocycles. The summed E-state index contributed by atoms with van der Waals surface area (Å²) in [6.07, 6.45) is 39.4. The van der Waals surface area contributed by atoms with Gasteiger partial charge in [0.2, 0.25) is 5.91 Å². The van der Waals surface area contributed by atoms with E-state index < -0.39 is 36.9 Å². The lowest BCUT2D eigenvalue weighted by molar-refractivity contribution is -0.132. The molecular formula is C42H83NO5. The minimum atomic E-state index is -1.26. The monoisotopic (exact) mass is 682 g/mol. The topological polar surface area (TPSA) is 110 Å². The number of unbranched alkanes of at least 4 members (excludes halogenated alkanes) is 27. The van der Waals surface area contributed by atoms with Gasteiger partial charge in [-0.15, -0.1) is 0 Å². The maximum atomic E-state index is 12.5. The van der Waals surface area contributed by atoms with Crippen LogP contribution in [0.5, 0.6) is 0 Å². The Morgan fingerprint density at radius 2 is 0.833 bits per heavy atom. The van der Waals surface area contributed by atoms with Crippen molar-refractivity contribution in [3.05, 3.63) is 12.2 Å². The first-order chi connectivity index (χ1) is 23.5. The molecule has 0 aromatic heterocycles. The zero-order chi connectivity index (χ0) is 35.3. The molecule has 0 radical (unpaired) electrons. The maximum Gasteiger partial charge on any atom is 0.249 e. The highest BCUT2D eigenvalue weighted by Crippen LogP contribution is 2.16. The summed E-state index contributed by atoms with van der Waals surface area (Å²) in [6.45, 7) is 4.04. The van der Waals surface area contributed by atoms with Gasteiger partial charge in [0.25, 0.3) is 0 Å². The first-order valence-electron chi connectivity index (χ1n) is 21.1. The number of hydrogen-bond donors (Lipinski definition) is 5. The van der Waals surface area contributed by atoms with E-state index in [0.717, 1.165) is 38.5 Å². The van der Waals surface area contributed by atoms with Gasteiger partial charge in [0.05, 0.1) is 18.8 Å². The molecule has 286 valence electrons. The molecule has 0 fully saturated rings. The summed E-state index contributed by atoms with van der Waals surface area (Å²) in [7, 11) is 0. The van der Waals surface area contributed by atoms with Gasteiger partial charge in [0, 0.05) is 0 Å². The van der Waals surface area contributed by atoms with Gasteiger partial charge in [-0.05, 0) is 38.5 Å². The van der Waals surface area contributed by atoms with Crippen molar-refractivity contribution in [1.29, 1.82) is 0 Å². The van der Waals surface area contributed by atoms with Crippen LogP contribution in [0.4, 0.5) is 0 Å². The summed E-state index contributed by atoms with van der Waals surface area (Å²) in [6, 6.07) is -0.983. The summed E-state index contributed by atoms with van der Waals surface area (Å²) in [4.78, 5) is 12.5. The Morgan fingerprint density at radius 3 is 1.21 bits per heavy atom. The van der Waals surface area contributed by atoms with E-state index in [-0.39, 0.29) is 0 Å². The summed E-state index contributed by atoms with van der Waals surface area (Å²) >= 11 is 0. The van der Waals surface area contributed by atoms with Crippen molar-refractivity contribution in [1.82, 2.24) is 5.32 Å². The van der Waals surface area contributed by atoms with Crippen LogP contribution in [0, 0.1) is 0 Å². The Labute approximate surface area is 298 Å². The van der Waals surface area contributed by atoms with Crippen molar-refractivity contribution in [3.8, 4) is 0 Å². The summed E-state index contributed by atoms with van der Waals surface area (Å²) in [5.41, 5.74) is 0. The third kappa shape index (κ3) is 31.1. The number of amides is 1. The molecule has 0 unspecified atom stereocenters. The molecule has 48 heavy (non-hydrogen) atoms. The predicted molar refractivity (Wildman–Crippen MR) is 205 cm³/mol. The van der Waals surface area contributed by atoms with Crippen molar-refractivity contribution in [2.75, 3.05) is 6.61 Å². The average molecular weight is 682 g/mol. The van der Waals surface area contributed by atoms with Gasteiger partial charge in [-0.1, -0.05) is 193 Å². The highest BCUT2D eigenvalue weighted by molar-refractivity contribution is 5.80. The fourth-order valence-corrected chi connectivity index (χ4v) is 6.57. The van der Waals surface area contributed by atoms with Crippen molar-refractivity contribution in [2.24, 2.45) is 0 Å². The number of carbonyl (C=O) groups excluding carboxylic acids is 1. The van der Waals surface area contributed by atoms with Gasteiger partial charge in [0.1, 0.15) is 12.2 Å². The Balaban J connectivity index is 3.75. The minimum absolute atomic E-state index is 0.372. The van der Waals surface area contributed by atoms with Gasteiger partial charge in [-0.25, -0.2) is 0 Å². The van der Waals surface area contributed by atoms with Crippen LogP contribution >= 0.6 is 0 Å². The third-order valence-corrected chi connectivity index (χ3v) is 9.98. The molecular weight excluding hydrogens is 598 g/mol. The Morgan fingerprint density at radius 1 is 0.500 bits per heavy atom. The standard InChI is InChI=1S/C42H83NO5/c1-3-5-7-9-11-13-15-17-19-20-21-22-24-25-27-29-31-33-35-39(45)41(47)38(37-44)43-42(48)40(46)36-34-32-30-28-26-23-18-16-14-12-10-8-6-4-2/h19-20,38-41,44-47H,3-18,21-37H2,1-2H3,(H,43,48)/b20-19+/t38-,39+,40-,41-/m0/s1. The molecule has 0 aromatic rings. The lowest BCUT2D eigenvalue weighted by atomic mass is 9.99. The quantitative estimate of drug-likeness (QED) is 0.0329. The average Bonchev–Trinajstić information content (AvgIpc) is 3.09. The number of rotatable bonds is 38. The number of carbonyl (C=O) groups is 1. The molecule has 1 amide bonds. The zero-order valence-electron chi connectivity index (χ0n) is 32.0. The van der Waals surface area contributed by atoms with Gasteiger partial charge in [-0.3, -0.25) is 4.79 Å². The molecule has 0 bridgehead atoms. The van der Waals surface area contributed by atoms with E-state index in [1.54, 1.807) is 0 Å². The first kappa shape index (κ1) is 47.0. The number of nitrogens with one attached hydrogen (secondary N) is 1.